The lowest BCUT2D eigenvalue weighted by atomic mass is 9.98. The van der Waals surface area contributed by atoms with E-state index in [2.05, 4.69) is 50.5 Å². The predicted molar refractivity (Wildman–Crippen MR) is 135 cm³/mol. The van der Waals surface area contributed by atoms with Crippen molar-refractivity contribution in [2.75, 3.05) is 29.4 Å². The van der Waals surface area contributed by atoms with Crippen LogP contribution in [-0.2, 0) is 12.8 Å². The van der Waals surface area contributed by atoms with E-state index in [0.29, 0.717) is 0 Å². The molecular formula is C27H31N7. The monoisotopic (exact) mass is 453 g/mol. The zero-order chi connectivity index (χ0) is 22.6. The van der Waals surface area contributed by atoms with Crippen LogP contribution in [0.15, 0.2) is 30.6 Å². The summed E-state index contributed by atoms with van der Waals surface area (Å²) < 4.78 is 2.17. The highest BCUT2D eigenvalue weighted by Gasteiger charge is 2.31. The molecule has 174 valence electrons. The van der Waals surface area contributed by atoms with Gasteiger partial charge in [0, 0.05) is 42.3 Å². The first kappa shape index (κ1) is 20.2. The lowest BCUT2D eigenvalue weighted by Crippen LogP contribution is -2.34. The van der Waals surface area contributed by atoms with E-state index in [1.807, 2.05) is 0 Å². The van der Waals surface area contributed by atoms with E-state index in [4.69, 9.17) is 15.1 Å². The van der Waals surface area contributed by atoms with Crippen LogP contribution in [-0.4, -0.2) is 44.2 Å². The molecule has 0 amide bonds. The third-order valence-corrected chi connectivity index (χ3v) is 7.99. The summed E-state index contributed by atoms with van der Waals surface area (Å²) in [5.41, 5.74) is 7.09. The van der Waals surface area contributed by atoms with E-state index >= 15 is 0 Å². The highest BCUT2D eigenvalue weighted by atomic mass is 15.4. The van der Waals surface area contributed by atoms with Crippen molar-refractivity contribution in [3.05, 3.63) is 53.1 Å². The molecule has 4 aromatic rings. The molecule has 3 aliphatic rings. The first-order valence-electron chi connectivity index (χ1n) is 12.9. The quantitative estimate of drug-likeness (QED) is 0.444. The van der Waals surface area contributed by atoms with Gasteiger partial charge in [-0.2, -0.15) is 9.61 Å². The summed E-state index contributed by atoms with van der Waals surface area (Å²) in [6, 6.07) is 8.78. The fraction of sp³-hybridized carbons (Fsp3) is 0.481. The van der Waals surface area contributed by atoms with Crippen LogP contribution in [0.1, 0.15) is 67.1 Å². The molecule has 0 saturated carbocycles. The molecule has 1 unspecified atom stereocenters. The maximum absolute atomic E-state index is 5.26. The third-order valence-electron chi connectivity index (χ3n) is 7.99. The predicted octanol–water partition coefficient (Wildman–Crippen LogP) is 4.80. The van der Waals surface area contributed by atoms with Crippen molar-refractivity contribution in [1.29, 1.82) is 0 Å². The maximum atomic E-state index is 5.26. The molecule has 0 bridgehead atoms. The number of fused-ring (bicyclic) bond motifs is 3. The van der Waals surface area contributed by atoms with E-state index in [1.54, 1.807) is 6.33 Å². The Morgan fingerprint density at radius 1 is 0.941 bits per heavy atom. The molecule has 5 heterocycles. The Morgan fingerprint density at radius 3 is 2.74 bits per heavy atom. The van der Waals surface area contributed by atoms with Crippen LogP contribution in [0.4, 0.5) is 11.6 Å². The van der Waals surface area contributed by atoms with Crippen LogP contribution in [0.5, 0.6) is 0 Å². The zero-order valence-electron chi connectivity index (χ0n) is 19.9. The van der Waals surface area contributed by atoms with Crippen molar-refractivity contribution in [3.63, 3.8) is 0 Å². The minimum atomic E-state index is 0.203. The maximum Gasteiger partial charge on any atom is 0.157 e. The molecule has 0 radical (unpaired) electrons. The zero-order valence-corrected chi connectivity index (χ0v) is 19.9. The number of benzene rings is 1. The van der Waals surface area contributed by atoms with Crippen molar-refractivity contribution in [1.82, 2.24) is 24.6 Å². The summed E-state index contributed by atoms with van der Waals surface area (Å²) >= 11 is 0. The van der Waals surface area contributed by atoms with Gasteiger partial charge in [0.05, 0.1) is 17.3 Å². The van der Waals surface area contributed by atoms with E-state index in [-0.39, 0.29) is 6.04 Å². The van der Waals surface area contributed by atoms with Crippen molar-refractivity contribution in [3.8, 4) is 0 Å². The van der Waals surface area contributed by atoms with Crippen molar-refractivity contribution < 1.29 is 0 Å². The Bertz CT molecular complexity index is 1380. The van der Waals surface area contributed by atoms with Crippen molar-refractivity contribution in [2.24, 2.45) is 0 Å². The van der Waals surface area contributed by atoms with E-state index < -0.39 is 0 Å². The van der Waals surface area contributed by atoms with Gasteiger partial charge in [-0.3, -0.25) is 0 Å². The summed E-state index contributed by atoms with van der Waals surface area (Å²) in [4.78, 5) is 19.5. The van der Waals surface area contributed by atoms with Crippen LogP contribution in [0, 0.1) is 6.92 Å². The number of hydrogen-bond acceptors (Lipinski definition) is 6. The summed E-state index contributed by atoms with van der Waals surface area (Å²) in [5, 5.41) is 6.43. The van der Waals surface area contributed by atoms with Gasteiger partial charge in [0.2, 0.25) is 0 Å². The minimum Gasteiger partial charge on any atom is -0.356 e. The second-order valence-corrected chi connectivity index (χ2v) is 10.1. The number of hydrogen-bond donors (Lipinski definition) is 0. The molecule has 7 rings (SSSR count). The number of piperidine rings is 1. The third kappa shape index (κ3) is 3.09. The van der Waals surface area contributed by atoms with Gasteiger partial charge in [-0.1, -0.05) is 12.1 Å². The summed E-state index contributed by atoms with van der Waals surface area (Å²) in [6.07, 6.45) is 11.1. The van der Waals surface area contributed by atoms with Crippen LogP contribution in [0.3, 0.4) is 0 Å². The molecule has 0 spiro atoms. The second-order valence-electron chi connectivity index (χ2n) is 10.1. The molecule has 3 aromatic heterocycles. The Morgan fingerprint density at radius 2 is 1.82 bits per heavy atom. The molecule has 7 nitrogen and oxygen atoms in total. The average Bonchev–Trinajstić information content (AvgIpc) is 3.63. The van der Waals surface area contributed by atoms with Gasteiger partial charge in [-0.25, -0.2) is 15.0 Å². The summed E-state index contributed by atoms with van der Waals surface area (Å²) in [5.74, 6) is 2.35. The Labute approximate surface area is 199 Å². The first-order valence-corrected chi connectivity index (χ1v) is 12.9. The standard InChI is InChI=1S/C27H31N7/c1-18-8-6-11-21-25(18)26(29-17-28-21)33-15-3-2-12-23(33)22-16-24-30-20-10-7-9-19(20)27(34(24)31-22)32-13-4-5-14-32/h6,8,11,16-17,23H,2-5,7,9-10,12-15H2,1H3. The van der Waals surface area contributed by atoms with Gasteiger partial charge in [0.25, 0.3) is 0 Å². The van der Waals surface area contributed by atoms with Crippen molar-refractivity contribution >= 4 is 28.2 Å². The number of nitrogens with zero attached hydrogens (tertiary/aromatic N) is 7. The van der Waals surface area contributed by atoms with Crippen LogP contribution in [0.2, 0.25) is 0 Å². The number of rotatable bonds is 3. The Balaban J connectivity index is 1.37. The molecule has 34 heavy (non-hydrogen) atoms. The van der Waals surface area contributed by atoms with Crippen LogP contribution in [0.25, 0.3) is 16.6 Å². The molecule has 2 saturated heterocycles. The largest absolute Gasteiger partial charge is 0.356 e. The van der Waals surface area contributed by atoms with Crippen molar-refractivity contribution in [2.45, 2.75) is 64.3 Å². The fourth-order valence-electron chi connectivity index (χ4n) is 6.37. The fourth-order valence-corrected chi connectivity index (χ4v) is 6.37. The van der Waals surface area contributed by atoms with E-state index in [1.165, 1.54) is 54.7 Å². The average molecular weight is 454 g/mol. The molecule has 2 aliphatic heterocycles. The molecule has 1 aliphatic carbocycles. The van der Waals surface area contributed by atoms with Gasteiger partial charge < -0.3 is 9.80 Å². The van der Waals surface area contributed by atoms with Gasteiger partial charge >= 0.3 is 0 Å². The van der Waals surface area contributed by atoms with Gasteiger partial charge in [0.15, 0.2) is 5.65 Å². The van der Waals surface area contributed by atoms with Gasteiger partial charge in [-0.05, 0) is 69.9 Å². The minimum absolute atomic E-state index is 0.203. The molecule has 1 aromatic carbocycles. The Kier molecular flexibility index (Phi) is 4.71. The highest BCUT2D eigenvalue weighted by molar-refractivity contribution is 5.92. The summed E-state index contributed by atoms with van der Waals surface area (Å²) in [7, 11) is 0. The molecule has 2 fully saturated rings. The SMILES string of the molecule is Cc1cccc2ncnc(N3CCCCC3c3cc4nc5c(c(N6CCCC6)n4n3)CCC5)c12. The first-order chi connectivity index (χ1) is 16.8. The number of anilines is 2. The van der Waals surface area contributed by atoms with E-state index in [0.717, 1.165) is 67.0 Å². The normalized spacial score (nSPS) is 20.6. The second kappa shape index (κ2) is 7.93. The lowest BCUT2D eigenvalue weighted by molar-refractivity contribution is 0.461. The van der Waals surface area contributed by atoms with Gasteiger partial charge in [0.1, 0.15) is 18.0 Å². The number of aromatic nitrogens is 5. The van der Waals surface area contributed by atoms with E-state index in [9.17, 15) is 0 Å². The Hall–Kier alpha value is -3.22. The molecular weight excluding hydrogens is 422 g/mol. The molecule has 7 heteroatoms. The van der Waals surface area contributed by atoms with Crippen LogP contribution >= 0.6 is 0 Å². The lowest BCUT2D eigenvalue weighted by Gasteiger charge is -2.36. The van der Waals surface area contributed by atoms with Gasteiger partial charge in [-0.15, -0.1) is 0 Å². The summed E-state index contributed by atoms with van der Waals surface area (Å²) in [6.45, 7) is 5.40. The molecule has 1 atom stereocenters. The highest BCUT2D eigenvalue weighted by Crippen LogP contribution is 2.39. The number of aryl methyl sites for hydroxylation is 2. The van der Waals surface area contributed by atoms with Crippen LogP contribution < -0.4 is 9.80 Å². The molecule has 0 N–H and O–H groups in total. The topological polar surface area (TPSA) is 62.5 Å². The smallest absolute Gasteiger partial charge is 0.157 e.